The van der Waals surface area contributed by atoms with E-state index in [9.17, 15) is 4.39 Å². The first kappa shape index (κ1) is 24.6. The molecule has 0 unspecified atom stereocenters. The average molecular weight is 486 g/mol. The fourth-order valence-corrected chi connectivity index (χ4v) is 5.42. The van der Waals surface area contributed by atoms with Crippen LogP contribution in [-0.2, 0) is 4.43 Å². The van der Waals surface area contributed by atoms with Crippen molar-refractivity contribution in [3.8, 4) is 17.0 Å². The van der Waals surface area contributed by atoms with Gasteiger partial charge in [-0.15, -0.1) is 0 Å². The maximum absolute atomic E-state index is 14.4. The van der Waals surface area contributed by atoms with Crippen molar-refractivity contribution in [3.05, 3.63) is 42.5 Å². The normalized spacial score (nSPS) is 16.3. The molecule has 0 atom stereocenters. The first-order valence-electron chi connectivity index (χ1n) is 12.0. The summed E-state index contributed by atoms with van der Waals surface area (Å²) in [6.07, 6.45) is 5.84. The predicted octanol–water partition coefficient (Wildman–Crippen LogP) is 4.98. The number of hydrogen-bond acceptors (Lipinski definition) is 6. The lowest BCUT2D eigenvalue weighted by Gasteiger charge is -2.41. The van der Waals surface area contributed by atoms with E-state index in [4.69, 9.17) is 14.9 Å². The number of halogens is 1. The zero-order valence-electron chi connectivity index (χ0n) is 20.8. The molecule has 1 aromatic carbocycles. The van der Waals surface area contributed by atoms with Gasteiger partial charge in [0.05, 0.1) is 6.20 Å². The third-order valence-electron chi connectivity index (χ3n) is 7.08. The van der Waals surface area contributed by atoms with E-state index < -0.39 is 8.32 Å². The maximum atomic E-state index is 14.4. The molecule has 0 spiro atoms. The highest BCUT2D eigenvalue weighted by Gasteiger charge is 2.39. The highest BCUT2D eigenvalue weighted by Crippen LogP contribution is 2.38. The highest BCUT2D eigenvalue weighted by molar-refractivity contribution is 6.74. The minimum atomic E-state index is -1.73. The number of nitrogens with two attached hydrogens (primary N) is 1. The molecule has 2 aromatic heterocycles. The molecule has 1 aliphatic heterocycles. The Morgan fingerprint density at radius 3 is 2.59 bits per heavy atom. The summed E-state index contributed by atoms with van der Waals surface area (Å²) < 4.78 is 28.5. The Bertz CT molecular complexity index is 1140. The molecule has 4 rings (SSSR count). The lowest BCUT2D eigenvalue weighted by Crippen LogP contribution is -2.47. The number of ether oxygens (including phenoxy) is 1. The third-order valence-corrected chi connectivity index (χ3v) is 11.6. The van der Waals surface area contributed by atoms with Crippen LogP contribution in [0.1, 0.15) is 33.6 Å². The molecule has 3 heterocycles. The van der Waals surface area contributed by atoms with E-state index in [1.165, 1.54) is 12.1 Å². The van der Waals surface area contributed by atoms with Gasteiger partial charge in [0.15, 0.2) is 14.0 Å². The van der Waals surface area contributed by atoms with Gasteiger partial charge in [-0.25, -0.2) is 8.91 Å². The van der Waals surface area contributed by atoms with E-state index >= 15 is 0 Å². The number of hydrogen-bond donors (Lipinski definition) is 1. The number of benzene rings is 1. The zero-order chi connectivity index (χ0) is 24.5. The summed E-state index contributed by atoms with van der Waals surface area (Å²) in [6.45, 7) is 14.9. The van der Waals surface area contributed by atoms with Gasteiger partial charge in [-0.05, 0) is 49.2 Å². The molecule has 0 saturated carbocycles. The summed E-state index contributed by atoms with van der Waals surface area (Å²) in [4.78, 5) is 6.99. The summed E-state index contributed by atoms with van der Waals surface area (Å²) in [7, 11) is -1.73. The van der Waals surface area contributed by atoms with Crippen LogP contribution >= 0.6 is 0 Å². The van der Waals surface area contributed by atoms with Gasteiger partial charge in [-0.2, -0.15) is 10.1 Å². The van der Waals surface area contributed by atoms with Crippen LogP contribution in [-0.4, -0.2) is 60.2 Å². The van der Waals surface area contributed by atoms with Crippen molar-refractivity contribution in [1.29, 1.82) is 0 Å². The van der Waals surface area contributed by atoms with Gasteiger partial charge in [0.1, 0.15) is 12.4 Å². The Hall–Kier alpha value is -2.49. The Morgan fingerprint density at radius 2 is 1.88 bits per heavy atom. The number of rotatable bonds is 7. The second-order valence-electron chi connectivity index (χ2n) is 10.6. The van der Waals surface area contributed by atoms with E-state index in [0.29, 0.717) is 41.1 Å². The molecular weight excluding hydrogens is 449 g/mol. The molecule has 1 aliphatic rings. The Balaban J connectivity index is 1.32. The monoisotopic (exact) mass is 485 g/mol. The highest BCUT2D eigenvalue weighted by atomic mass is 28.4. The minimum absolute atomic E-state index is 0.236. The fraction of sp³-hybridized carbons (Fsp3) is 0.520. The molecule has 1 saturated heterocycles. The lowest BCUT2D eigenvalue weighted by atomic mass is 10.1. The molecule has 0 amide bonds. The van der Waals surface area contributed by atoms with Gasteiger partial charge in [0.2, 0.25) is 5.88 Å². The number of anilines is 1. The zero-order valence-corrected chi connectivity index (χ0v) is 21.8. The Kier molecular flexibility index (Phi) is 6.98. The molecule has 2 N–H and O–H groups in total. The lowest BCUT2D eigenvalue weighted by molar-refractivity contribution is 0.0816. The van der Waals surface area contributed by atoms with Crippen LogP contribution < -0.4 is 10.5 Å². The van der Waals surface area contributed by atoms with Crippen molar-refractivity contribution in [3.63, 3.8) is 0 Å². The van der Waals surface area contributed by atoms with Crippen LogP contribution in [0, 0.1) is 5.82 Å². The minimum Gasteiger partial charge on any atom is -0.476 e. The Morgan fingerprint density at radius 1 is 1.15 bits per heavy atom. The standard InChI is InChI=1S/C25H36FN5O2Si/c1-25(2,3)34(4,5)33-19-8-11-30(12-9-19)14-15-32-23-10-13-31-24(29-23)21(17-28-31)20-16-18(27)6-7-22(20)26/h6-7,10,13,16-17,19H,8-9,11-12,14-15,27H2,1-5H3. The molecule has 0 bridgehead atoms. The van der Waals surface area contributed by atoms with Gasteiger partial charge in [-0.3, -0.25) is 4.90 Å². The van der Waals surface area contributed by atoms with Crippen molar-refractivity contribution in [2.24, 2.45) is 0 Å². The molecular formula is C25H36FN5O2Si. The van der Waals surface area contributed by atoms with Crippen LogP contribution in [0.4, 0.5) is 10.1 Å². The predicted molar refractivity (Wildman–Crippen MR) is 136 cm³/mol. The van der Waals surface area contributed by atoms with Crippen molar-refractivity contribution < 1.29 is 13.6 Å². The van der Waals surface area contributed by atoms with E-state index in [1.54, 1.807) is 29.0 Å². The molecule has 3 aromatic rings. The fourth-order valence-electron chi connectivity index (χ4n) is 4.00. The van der Waals surface area contributed by atoms with E-state index in [0.717, 1.165) is 32.5 Å². The molecule has 9 heteroatoms. The second kappa shape index (κ2) is 9.63. The van der Waals surface area contributed by atoms with Crippen LogP contribution in [0.3, 0.4) is 0 Å². The smallest absolute Gasteiger partial charge is 0.216 e. The van der Waals surface area contributed by atoms with Gasteiger partial charge >= 0.3 is 0 Å². The van der Waals surface area contributed by atoms with E-state index in [1.807, 2.05) is 0 Å². The maximum Gasteiger partial charge on any atom is 0.216 e. The van der Waals surface area contributed by atoms with Gasteiger partial charge in [-0.1, -0.05) is 20.8 Å². The SMILES string of the molecule is CC(C)(C)[Si](C)(C)OC1CCN(CCOc2ccn3ncc(-c4cc(N)ccc4F)c3n2)CC1. The molecule has 0 radical (unpaired) electrons. The van der Waals surface area contributed by atoms with Crippen LogP contribution in [0.5, 0.6) is 5.88 Å². The van der Waals surface area contributed by atoms with E-state index in [2.05, 4.69) is 48.8 Å². The van der Waals surface area contributed by atoms with Crippen molar-refractivity contribution in [2.75, 3.05) is 32.0 Å². The number of nitrogen functional groups attached to an aromatic ring is 1. The summed E-state index contributed by atoms with van der Waals surface area (Å²) in [5.41, 5.74) is 7.83. The number of nitrogens with zero attached hydrogens (tertiary/aromatic N) is 4. The number of likely N-dealkylation sites (tertiary alicyclic amines) is 1. The van der Waals surface area contributed by atoms with Crippen molar-refractivity contribution in [1.82, 2.24) is 19.5 Å². The number of fused-ring (bicyclic) bond motifs is 1. The third kappa shape index (κ3) is 5.42. The average Bonchev–Trinajstić information content (AvgIpc) is 3.19. The molecule has 7 nitrogen and oxygen atoms in total. The first-order valence-corrected chi connectivity index (χ1v) is 14.9. The van der Waals surface area contributed by atoms with E-state index in [-0.39, 0.29) is 10.9 Å². The number of piperidine rings is 1. The summed E-state index contributed by atoms with van der Waals surface area (Å²) in [5, 5.41) is 4.52. The van der Waals surface area contributed by atoms with Crippen LogP contribution in [0.2, 0.25) is 18.1 Å². The van der Waals surface area contributed by atoms with Gasteiger partial charge < -0.3 is 14.9 Å². The van der Waals surface area contributed by atoms with Crippen LogP contribution in [0.25, 0.3) is 16.8 Å². The largest absolute Gasteiger partial charge is 0.476 e. The van der Waals surface area contributed by atoms with Crippen LogP contribution in [0.15, 0.2) is 36.7 Å². The quantitative estimate of drug-likeness (QED) is 0.376. The second-order valence-corrected chi connectivity index (χ2v) is 15.4. The Labute approximate surface area is 202 Å². The van der Waals surface area contributed by atoms with Crippen molar-refractivity contribution in [2.45, 2.75) is 57.8 Å². The first-order chi connectivity index (χ1) is 16.0. The summed E-state index contributed by atoms with van der Waals surface area (Å²) in [6, 6.07) is 6.27. The molecule has 1 fully saturated rings. The topological polar surface area (TPSA) is 77.9 Å². The molecule has 0 aliphatic carbocycles. The van der Waals surface area contributed by atoms with Gasteiger partial charge in [0.25, 0.3) is 0 Å². The molecule has 34 heavy (non-hydrogen) atoms. The summed E-state index contributed by atoms with van der Waals surface area (Å²) in [5.74, 6) is 0.132. The van der Waals surface area contributed by atoms with Gasteiger partial charge in [0, 0.05) is 54.8 Å². The molecule has 184 valence electrons. The van der Waals surface area contributed by atoms with Crippen molar-refractivity contribution >= 4 is 19.7 Å². The summed E-state index contributed by atoms with van der Waals surface area (Å²) >= 11 is 0. The number of aromatic nitrogens is 3.